The van der Waals surface area contributed by atoms with Gasteiger partial charge in [0.1, 0.15) is 5.75 Å². The highest BCUT2D eigenvalue weighted by molar-refractivity contribution is 6.32. The van der Waals surface area contributed by atoms with Crippen molar-refractivity contribution in [2.24, 2.45) is 0 Å². The summed E-state index contributed by atoms with van der Waals surface area (Å²) in [4.78, 5) is 2.19. The molecule has 1 N–H and O–H groups in total. The van der Waals surface area contributed by atoms with E-state index in [1.807, 2.05) is 60.1 Å². The number of ether oxygens (including phenoxy) is 3. The molecular formula is C26H32ClN3O4. The van der Waals surface area contributed by atoms with Crippen LogP contribution in [0, 0.1) is 6.92 Å². The molecule has 8 heteroatoms. The summed E-state index contributed by atoms with van der Waals surface area (Å²) in [6, 6.07) is 17.3. The lowest BCUT2D eigenvalue weighted by Crippen LogP contribution is -2.39. The predicted octanol–water partition coefficient (Wildman–Crippen LogP) is 4.61. The quantitative estimate of drug-likeness (QED) is 0.427. The largest absolute Gasteiger partial charge is 0.437 e. The molecule has 4 rings (SSSR count). The fraction of sp³-hybridized carbons (Fsp3) is 0.423. The molecule has 1 fully saturated rings. The van der Waals surface area contributed by atoms with Gasteiger partial charge in [0.15, 0.2) is 0 Å². The summed E-state index contributed by atoms with van der Waals surface area (Å²) >= 11 is 6.43. The van der Waals surface area contributed by atoms with Gasteiger partial charge in [0.2, 0.25) is 5.88 Å². The molecule has 0 bridgehead atoms. The van der Waals surface area contributed by atoms with Crippen molar-refractivity contribution in [2.45, 2.75) is 38.5 Å². The summed E-state index contributed by atoms with van der Waals surface area (Å²) in [6.45, 7) is 4.73. The summed E-state index contributed by atoms with van der Waals surface area (Å²) in [6.07, 6.45) is 1.61. The van der Waals surface area contributed by atoms with Crippen molar-refractivity contribution in [2.75, 3.05) is 33.4 Å². The van der Waals surface area contributed by atoms with E-state index in [1.54, 1.807) is 13.2 Å². The molecule has 1 aliphatic heterocycles. The molecule has 0 radical (unpaired) electrons. The Morgan fingerprint density at radius 1 is 1.21 bits per heavy atom. The summed E-state index contributed by atoms with van der Waals surface area (Å²) in [7, 11) is 1.59. The highest BCUT2D eigenvalue weighted by Crippen LogP contribution is 2.35. The molecule has 34 heavy (non-hydrogen) atoms. The molecule has 0 unspecified atom stereocenters. The van der Waals surface area contributed by atoms with Gasteiger partial charge in [0, 0.05) is 33.4 Å². The van der Waals surface area contributed by atoms with Crippen molar-refractivity contribution >= 4 is 11.6 Å². The van der Waals surface area contributed by atoms with Crippen LogP contribution in [0.2, 0.25) is 5.02 Å². The fourth-order valence-electron chi connectivity index (χ4n) is 4.25. The lowest BCUT2D eigenvalue weighted by Gasteiger charge is -2.27. The van der Waals surface area contributed by atoms with Crippen LogP contribution >= 0.6 is 11.6 Å². The monoisotopic (exact) mass is 485 g/mol. The molecule has 182 valence electrons. The molecule has 2 heterocycles. The molecule has 0 spiro atoms. The first-order chi connectivity index (χ1) is 16.5. The number of aromatic nitrogens is 2. The minimum Gasteiger partial charge on any atom is -0.437 e. The topological polar surface area (TPSA) is 69.0 Å². The molecule has 1 aromatic heterocycles. The Balaban J connectivity index is 1.69. The van der Waals surface area contributed by atoms with Crippen LogP contribution in [0.3, 0.4) is 0 Å². The maximum Gasteiger partial charge on any atom is 0.227 e. The van der Waals surface area contributed by atoms with Crippen LogP contribution < -0.4 is 4.74 Å². The Hall–Kier alpha value is -2.42. The summed E-state index contributed by atoms with van der Waals surface area (Å²) in [5, 5.41) is 15.8. The number of methoxy groups -OCH3 is 1. The van der Waals surface area contributed by atoms with E-state index in [-0.39, 0.29) is 12.7 Å². The van der Waals surface area contributed by atoms with Crippen molar-refractivity contribution in [1.82, 2.24) is 14.7 Å². The number of aliphatic hydroxyl groups excluding tert-OH is 1. The number of aliphatic hydroxyl groups is 1. The first kappa shape index (κ1) is 24.7. The number of para-hydroxylation sites is 2. The molecular weight excluding hydrogens is 454 g/mol. The third kappa shape index (κ3) is 6.17. The van der Waals surface area contributed by atoms with Crippen LogP contribution in [0.1, 0.15) is 24.1 Å². The third-order valence-corrected chi connectivity index (χ3v) is 6.19. The van der Waals surface area contributed by atoms with E-state index in [9.17, 15) is 5.11 Å². The highest BCUT2D eigenvalue weighted by Gasteiger charge is 2.26. The zero-order valence-corrected chi connectivity index (χ0v) is 20.4. The van der Waals surface area contributed by atoms with Crippen molar-refractivity contribution in [3.63, 3.8) is 0 Å². The molecule has 0 aliphatic carbocycles. The number of halogens is 1. The summed E-state index contributed by atoms with van der Waals surface area (Å²) in [5.74, 6) is 1.17. The fourth-order valence-corrected chi connectivity index (χ4v) is 4.42. The average Bonchev–Trinajstić information content (AvgIpc) is 3.45. The molecule has 0 saturated carbocycles. The second kappa shape index (κ2) is 11.8. The first-order valence-electron chi connectivity index (χ1n) is 11.6. The molecule has 2 atom stereocenters. The van der Waals surface area contributed by atoms with Crippen LogP contribution in [-0.4, -0.2) is 65.4 Å². The van der Waals surface area contributed by atoms with Crippen LogP contribution in [0.25, 0.3) is 5.69 Å². The van der Waals surface area contributed by atoms with E-state index in [2.05, 4.69) is 4.90 Å². The van der Waals surface area contributed by atoms with E-state index in [0.29, 0.717) is 36.3 Å². The third-order valence-electron chi connectivity index (χ3n) is 5.88. The second-order valence-corrected chi connectivity index (χ2v) is 8.99. The van der Waals surface area contributed by atoms with Gasteiger partial charge in [-0.05, 0) is 44.0 Å². The Bertz CT molecular complexity index is 1050. The van der Waals surface area contributed by atoms with Crippen LogP contribution in [0.4, 0.5) is 0 Å². The maximum atomic E-state index is 10.5. The van der Waals surface area contributed by atoms with Gasteiger partial charge in [-0.2, -0.15) is 5.10 Å². The lowest BCUT2D eigenvalue weighted by atomic mass is 10.1. The number of rotatable bonds is 11. The van der Waals surface area contributed by atoms with Gasteiger partial charge in [-0.3, -0.25) is 4.90 Å². The summed E-state index contributed by atoms with van der Waals surface area (Å²) < 4.78 is 19.3. The van der Waals surface area contributed by atoms with E-state index >= 15 is 0 Å². The van der Waals surface area contributed by atoms with Crippen molar-refractivity contribution in [1.29, 1.82) is 0 Å². The van der Waals surface area contributed by atoms with Gasteiger partial charge in [-0.25, -0.2) is 4.68 Å². The number of aryl methyl sites for hydroxylation is 1. The van der Waals surface area contributed by atoms with Crippen LogP contribution in [0.15, 0.2) is 54.6 Å². The van der Waals surface area contributed by atoms with Gasteiger partial charge in [0.25, 0.3) is 0 Å². The number of hydrogen-bond donors (Lipinski definition) is 1. The van der Waals surface area contributed by atoms with Gasteiger partial charge in [-0.15, -0.1) is 0 Å². The van der Waals surface area contributed by atoms with Crippen LogP contribution in [-0.2, 0) is 16.0 Å². The maximum absolute atomic E-state index is 10.5. The SMILES string of the molecule is COC[C@H](O)CN(Cc1c(C)nn(-c2ccccc2)c1Oc1ccccc1Cl)C[C@H]1CCCO1. The van der Waals surface area contributed by atoms with Gasteiger partial charge in [-0.1, -0.05) is 41.9 Å². The van der Waals surface area contributed by atoms with Gasteiger partial charge < -0.3 is 19.3 Å². The van der Waals surface area contributed by atoms with E-state index < -0.39 is 6.10 Å². The minimum absolute atomic E-state index is 0.146. The smallest absolute Gasteiger partial charge is 0.227 e. The highest BCUT2D eigenvalue weighted by atomic mass is 35.5. The lowest BCUT2D eigenvalue weighted by molar-refractivity contribution is 0.0155. The zero-order chi connectivity index (χ0) is 23.9. The van der Waals surface area contributed by atoms with E-state index in [1.165, 1.54) is 0 Å². The van der Waals surface area contributed by atoms with Gasteiger partial charge >= 0.3 is 0 Å². The minimum atomic E-state index is -0.608. The Labute approximate surface area is 205 Å². The van der Waals surface area contributed by atoms with Crippen molar-refractivity contribution < 1.29 is 19.3 Å². The van der Waals surface area contributed by atoms with Crippen molar-refractivity contribution in [3.8, 4) is 17.3 Å². The molecule has 1 aliphatic rings. The molecule has 0 amide bonds. The number of nitrogens with zero attached hydrogens (tertiary/aromatic N) is 3. The molecule has 2 aromatic carbocycles. The first-order valence-corrected chi connectivity index (χ1v) is 12.0. The van der Waals surface area contributed by atoms with Crippen LogP contribution in [0.5, 0.6) is 11.6 Å². The standard InChI is InChI=1S/C26H32ClN3O4/c1-19-23(17-29(15-21(31)18-32-2)16-22-11-8-14-33-22)26(34-25-13-7-6-12-24(25)27)30(28-19)20-9-4-3-5-10-20/h3-7,9-10,12-13,21-22,31H,8,11,14-18H2,1-2H3/t21-,22-/m1/s1. The average molecular weight is 486 g/mol. The summed E-state index contributed by atoms with van der Waals surface area (Å²) in [5.41, 5.74) is 2.68. The zero-order valence-electron chi connectivity index (χ0n) is 19.7. The predicted molar refractivity (Wildman–Crippen MR) is 132 cm³/mol. The Morgan fingerprint density at radius 2 is 1.97 bits per heavy atom. The second-order valence-electron chi connectivity index (χ2n) is 8.59. The van der Waals surface area contributed by atoms with Gasteiger partial charge in [0.05, 0.1) is 40.8 Å². The number of hydrogen-bond acceptors (Lipinski definition) is 6. The molecule has 7 nitrogen and oxygen atoms in total. The van der Waals surface area contributed by atoms with E-state index in [4.69, 9.17) is 30.9 Å². The van der Waals surface area contributed by atoms with E-state index in [0.717, 1.165) is 36.4 Å². The molecule has 3 aromatic rings. The Kier molecular flexibility index (Phi) is 8.59. The van der Waals surface area contributed by atoms with Crippen molar-refractivity contribution in [3.05, 3.63) is 70.9 Å². The Morgan fingerprint density at radius 3 is 2.68 bits per heavy atom. The molecule has 1 saturated heterocycles. The number of benzene rings is 2. The normalized spacial score (nSPS) is 16.8.